The third-order valence-corrected chi connectivity index (χ3v) is 6.04. The summed E-state index contributed by atoms with van der Waals surface area (Å²) < 4.78 is 5.27. The fourth-order valence-corrected chi connectivity index (χ4v) is 4.38. The molecule has 2 aliphatic heterocycles. The minimum Gasteiger partial charge on any atom is -0.497 e. The highest BCUT2D eigenvalue weighted by atomic mass is 16.5. The van der Waals surface area contributed by atoms with Crippen LogP contribution in [0.5, 0.6) is 5.75 Å². The van der Waals surface area contributed by atoms with Crippen LogP contribution in [0.25, 0.3) is 0 Å². The average Bonchev–Trinajstić information content (AvgIpc) is 3.42. The standard InChI is InChI=1S/C23H27N3O4/c1-30-20-7-3-6-19(14-20)26-11-10-25(23(26)29)18-5-2-4-16(12-18)13-21(22(27)28)17-8-9-24-15-17/h2-7,12,14,17,21,24H,8-11,13,15H2,1H3,(H,27,28)/t17-,21-/m0/s1. The first-order chi connectivity index (χ1) is 14.6. The van der Waals surface area contributed by atoms with Crippen molar-refractivity contribution in [3.63, 3.8) is 0 Å². The lowest BCUT2D eigenvalue weighted by atomic mass is 9.86. The molecule has 0 spiro atoms. The van der Waals surface area contributed by atoms with Crippen molar-refractivity contribution in [1.29, 1.82) is 0 Å². The molecule has 0 aromatic heterocycles. The van der Waals surface area contributed by atoms with Gasteiger partial charge in [0, 0.05) is 30.5 Å². The van der Waals surface area contributed by atoms with Crippen LogP contribution in [-0.4, -0.2) is 50.4 Å². The van der Waals surface area contributed by atoms with Gasteiger partial charge in [-0.05, 0) is 61.7 Å². The molecule has 2 heterocycles. The van der Waals surface area contributed by atoms with Gasteiger partial charge in [0.2, 0.25) is 0 Å². The smallest absolute Gasteiger partial charge is 0.329 e. The van der Waals surface area contributed by atoms with Crippen LogP contribution in [0.3, 0.4) is 0 Å². The number of urea groups is 1. The molecule has 0 saturated carbocycles. The number of amides is 2. The van der Waals surface area contributed by atoms with Crippen LogP contribution in [0.4, 0.5) is 16.2 Å². The van der Waals surface area contributed by atoms with Crippen molar-refractivity contribution in [2.75, 3.05) is 43.1 Å². The lowest BCUT2D eigenvalue weighted by Gasteiger charge is -2.21. The monoisotopic (exact) mass is 409 g/mol. The van der Waals surface area contributed by atoms with Crippen LogP contribution in [-0.2, 0) is 11.2 Å². The van der Waals surface area contributed by atoms with Crippen LogP contribution in [0.15, 0.2) is 48.5 Å². The maximum absolute atomic E-state index is 13.1. The maximum Gasteiger partial charge on any atom is 0.329 e. The molecule has 2 aliphatic rings. The lowest BCUT2D eigenvalue weighted by molar-refractivity contribution is -0.143. The molecule has 7 nitrogen and oxygen atoms in total. The van der Waals surface area contributed by atoms with Crippen molar-refractivity contribution in [2.45, 2.75) is 12.8 Å². The van der Waals surface area contributed by atoms with Crippen molar-refractivity contribution in [2.24, 2.45) is 11.8 Å². The van der Waals surface area contributed by atoms with Crippen molar-refractivity contribution < 1.29 is 19.4 Å². The van der Waals surface area contributed by atoms with E-state index in [9.17, 15) is 14.7 Å². The van der Waals surface area contributed by atoms with E-state index in [-0.39, 0.29) is 11.9 Å². The molecule has 2 fully saturated rings. The van der Waals surface area contributed by atoms with E-state index in [1.165, 1.54) is 0 Å². The number of hydrogen-bond acceptors (Lipinski definition) is 4. The highest BCUT2D eigenvalue weighted by Gasteiger charge is 2.32. The number of aliphatic carboxylic acids is 1. The molecular formula is C23H27N3O4. The van der Waals surface area contributed by atoms with Crippen molar-refractivity contribution in [3.05, 3.63) is 54.1 Å². The normalized spacial score (nSPS) is 19.9. The molecule has 4 rings (SSSR count). The second-order valence-electron chi connectivity index (χ2n) is 7.86. The van der Waals surface area contributed by atoms with E-state index < -0.39 is 11.9 Å². The van der Waals surface area contributed by atoms with Crippen molar-refractivity contribution >= 4 is 23.4 Å². The fourth-order valence-electron chi connectivity index (χ4n) is 4.38. The Balaban J connectivity index is 1.51. The van der Waals surface area contributed by atoms with Crippen LogP contribution in [0, 0.1) is 11.8 Å². The van der Waals surface area contributed by atoms with Crippen LogP contribution < -0.4 is 19.9 Å². The van der Waals surface area contributed by atoms with Gasteiger partial charge >= 0.3 is 12.0 Å². The Hall–Kier alpha value is -3.06. The summed E-state index contributed by atoms with van der Waals surface area (Å²) in [6.07, 6.45) is 1.36. The number of carboxylic acid groups (broad SMARTS) is 1. The number of anilines is 2. The molecule has 0 aliphatic carbocycles. The first-order valence-electron chi connectivity index (χ1n) is 10.3. The van der Waals surface area contributed by atoms with Gasteiger partial charge in [-0.3, -0.25) is 14.6 Å². The molecule has 2 saturated heterocycles. The number of ether oxygens (including phenoxy) is 1. The van der Waals surface area contributed by atoms with Crippen LogP contribution >= 0.6 is 0 Å². The summed E-state index contributed by atoms with van der Waals surface area (Å²) in [5.74, 6) is -0.321. The molecule has 0 unspecified atom stereocenters. The fraction of sp³-hybridized carbons (Fsp3) is 0.391. The van der Waals surface area contributed by atoms with E-state index in [4.69, 9.17) is 4.74 Å². The molecule has 30 heavy (non-hydrogen) atoms. The van der Waals surface area contributed by atoms with E-state index in [0.717, 1.165) is 36.4 Å². The number of methoxy groups -OCH3 is 1. The Morgan fingerprint density at radius 1 is 1.17 bits per heavy atom. The zero-order chi connectivity index (χ0) is 21.1. The Morgan fingerprint density at radius 3 is 2.50 bits per heavy atom. The van der Waals surface area contributed by atoms with E-state index >= 15 is 0 Å². The molecule has 158 valence electrons. The van der Waals surface area contributed by atoms with Crippen molar-refractivity contribution in [3.8, 4) is 5.75 Å². The number of hydrogen-bond donors (Lipinski definition) is 2. The van der Waals surface area contributed by atoms with Gasteiger partial charge in [0.1, 0.15) is 5.75 Å². The molecule has 2 amide bonds. The highest BCUT2D eigenvalue weighted by molar-refractivity contribution is 6.06. The number of benzene rings is 2. The summed E-state index contributed by atoms with van der Waals surface area (Å²) in [4.78, 5) is 28.4. The summed E-state index contributed by atoms with van der Waals surface area (Å²) in [5, 5.41) is 13.0. The summed E-state index contributed by atoms with van der Waals surface area (Å²) in [6.45, 7) is 2.78. The lowest BCUT2D eigenvalue weighted by Crippen LogP contribution is -2.32. The van der Waals surface area contributed by atoms with Gasteiger partial charge in [0.05, 0.1) is 13.0 Å². The van der Waals surface area contributed by atoms with Gasteiger partial charge in [-0.25, -0.2) is 4.79 Å². The van der Waals surface area contributed by atoms with Crippen LogP contribution in [0.1, 0.15) is 12.0 Å². The molecule has 7 heteroatoms. The molecule has 0 bridgehead atoms. The largest absolute Gasteiger partial charge is 0.497 e. The highest BCUT2D eigenvalue weighted by Crippen LogP contribution is 2.29. The molecule has 0 radical (unpaired) electrons. The SMILES string of the molecule is COc1cccc(N2CCN(c3cccc(C[C@H](C(=O)O)[C@H]4CCNC4)c3)C2=O)c1. The van der Waals surface area contributed by atoms with Gasteiger partial charge in [-0.15, -0.1) is 0 Å². The molecular weight excluding hydrogens is 382 g/mol. The minimum atomic E-state index is -0.754. The topological polar surface area (TPSA) is 82.1 Å². The zero-order valence-corrected chi connectivity index (χ0v) is 17.1. The molecule has 2 aromatic rings. The zero-order valence-electron chi connectivity index (χ0n) is 17.1. The summed E-state index contributed by atoms with van der Waals surface area (Å²) in [7, 11) is 1.61. The van der Waals surface area contributed by atoms with E-state index in [2.05, 4.69) is 5.32 Å². The number of rotatable bonds is 7. The third-order valence-electron chi connectivity index (χ3n) is 6.04. The molecule has 2 atom stereocenters. The van der Waals surface area contributed by atoms with Gasteiger partial charge in [0.25, 0.3) is 0 Å². The predicted octanol–water partition coefficient (Wildman–Crippen LogP) is 2.99. The Bertz CT molecular complexity index is 926. The Kier molecular flexibility index (Phi) is 5.90. The average molecular weight is 409 g/mol. The van der Waals surface area contributed by atoms with E-state index in [1.54, 1.807) is 16.9 Å². The van der Waals surface area contributed by atoms with Gasteiger partial charge in [-0.1, -0.05) is 18.2 Å². The third kappa shape index (κ3) is 4.11. The summed E-state index contributed by atoms with van der Waals surface area (Å²) in [5.41, 5.74) is 2.55. The first-order valence-corrected chi connectivity index (χ1v) is 10.3. The number of nitrogens with one attached hydrogen (secondary N) is 1. The number of nitrogens with zero attached hydrogens (tertiary/aromatic N) is 2. The maximum atomic E-state index is 13.1. The summed E-state index contributed by atoms with van der Waals surface area (Å²) >= 11 is 0. The van der Waals surface area contributed by atoms with E-state index in [1.807, 2.05) is 48.5 Å². The number of carbonyl (C=O) groups is 2. The predicted molar refractivity (Wildman–Crippen MR) is 115 cm³/mol. The second kappa shape index (κ2) is 8.75. The second-order valence-corrected chi connectivity index (χ2v) is 7.86. The minimum absolute atomic E-state index is 0.0878. The first kappa shape index (κ1) is 20.2. The Labute approximate surface area is 176 Å². The van der Waals surface area contributed by atoms with Crippen molar-refractivity contribution in [1.82, 2.24) is 5.32 Å². The van der Waals surface area contributed by atoms with Gasteiger partial charge in [-0.2, -0.15) is 0 Å². The number of carboxylic acids is 1. The van der Waals surface area contributed by atoms with Crippen LogP contribution in [0.2, 0.25) is 0 Å². The van der Waals surface area contributed by atoms with E-state index in [0.29, 0.717) is 25.3 Å². The molecule has 2 N–H and O–H groups in total. The van der Waals surface area contributed by atoms with Gasteiger partial charge < -0.3 is 15.2 Å². The summed E-state index contributed by atoms with van der Waals surface area (Å²) in [6, 6.07) is 15.1. The number of carbonyl (C=O) groups excluding carboxylic acids is 1. The van der Waals surface area contributed by atoms with Gasteiger partial charge in [0.15, 0.2) is 0 Å². The molecule has 2 aromatic carbocycles. The Morgan fingerprint density at radius 2 is 1.87 bits per heavy atom. The quantitative estimate of drug-likeness (QED) is 0.735.